The van der Waals surface area contributed by atoms with Crippen molar-refractivity contribution in [3.05, 3.63) is 71.8 Å². The highest BCUT2D eigenvalue weighted by Gasteiger charge is 2.28. The van der Waals surface area contributed by atoms with Crippen LogP contribution in [0.2, 0.25) is 0 Å². The molecule has 0 aromatic heterocycles. The molecule has 0 heterocycles. The van der Waals surface area contributed by atoms with Gasteiger partial charge in [-0.25, -0.2) is 0 Å². The minimum atomic E-state index is -0.459. The molecule has 20 heavy (non-hydrogen) atoms. The summed E-state index contributed by atoms with van der Waals surface area (Å²) in [5.74, 6) is -0.146. The number of hydrogen-bond acceptors (Lipinski definition) is 2. The van der Waals surface area contributed by atoms with Crippen LogP contribution in [0, 0.1) is 0 Å². The molecule has 0 saturated heterocycles. The zero-order valence-corrected chi connectivity index (χ0v) is 11.7. The van der Waals surface area contributed by atoms with Crippen LogP contribution in [0.5, 0.6) is 0 Å². The molecule has 0 aliphatic carbocycles. The molecule has 0 radical (unpaired) electrons. The van der Waals surface area contributed by atoms with E-state index >= 15 is 0 Å². The number of carbonyl (C=O) groups is 1. The molecule has 0 fully saturated rings. The molecular weight excluding hydrogens is 248 g/mol. The van der Waals surface area contributed by atoms with Crippen LogP contribution >= 0.6 is 0 Å². The smallest absolute Gasteiger partial charge is 0.234 e. The van der Waals surface area contributed by atoms with Gasteiger partial charge in [0, 0.05) is 0 Å². The van der Waals surface area contributed by atoms with E-state index in [-0.39, 0.29) is 12.5 Å². The molecule has 2 rings (SSSR count). The van der Waals surface area contributed by atoms with Crippen molar-refractivity contribution >= 4 is 5.91 Å². The van der Waals surface area contributed by atoms with E-state index in [9.17, 15) is 4.79 Å². The molecule has 0 unspecified atom stereocenters. The first-order valence-electron chi connectivity index (χ1n) is 6.74. The second kappa shape index (κ2) is 6.35. The van der Waals surface area contributed by atoms with Gasteiger partial charge in [0.15, 0.2) is 0 Å². The van der Waals surface area contributed by atoms with Crippen molar-refractivity contribution in [1.29, 1.82) is 0 Å². The molecule has 0 spiro atoms. The van der Waals surface area contributed by atoms with E-state index < -0.39 is 5.54 Å². The number of benzene rings is 2. The highest BCUT2D eigenvalue weighted by atomic mass is 16.2. The van der Waals surface area contributed by atoms with Crippen molar-refractivity contribution < 1.29 is 4.79 Å². The summed E-state index contributed by atoms with van der Waals surface area (Å²) in [5, 5.41) is 3.04. The predicted octanol–water partition coefficient (Wildman–Crippen LogP) is 2.22. The largest absolute Gasteiger partial charge is 0.345 e. The van der Waals surface area contributed by atoms with E-state index in [2.05, 4.69) is 17.4 Å². The van der Waals surface area contributed by atoms with E-state index in [1.165, 1.54) is 5.56 Å². The van der Waals surface area contributed by atoms with Gasteiger partial charge in [-0.3, -0.25) is 4.79 Å². The van der Waals surface area contributed by atoms with E-state index in [0.717, 1.165) is 12.0 Å². The van der Waals surface area contributed by atoms with Gasteiger partial charge in [0.1, 0.15) is 0 Å². The molecule has 1 amide bonds. The normalized spacial score (nSPS) is 13.5. The summed E-state index contributed by atoms with van der Waals surface area (Å²) < 4.78 is 0. The summed E-state index contributed by atoms with van der Waals surface area (Å²) in [7, 11) is 0. The standard InChI is InChI=1S/C17H20N2O/c1-17(19-16(20)13-18,15-10-6-3-7-11-15)12-14-8-4-2-5-9-14/h2-11H,12-13,18H2,1H3,(H,19,20)/t17-/m1/s1. The molecule has 1 atom stereocenters. The molecule has 0 saturated carbocycles. The fourth-order valence-electron chi connectivity index (χ4n) is 2.39. The fraction of sp³-hybridized carbons (Fsp3) is 0.235. The molecule has 0 bridgehead atoms. The summed E-state index contributed by atoms with van der Waals surface area (Å²) in [6.45, 7) is 2.03. The zero-order valence-electron chi connectivity index (χ0n) is 11.7. The van der Waals surface area contributed by atoms with Crippen LogP contribution in [0.15, 0.2) is 60.7 Å². The lowest BCUT2D eigenvalue weighted by atomic mass is 9.85. The Morgan fingerprint density at radius 2 is 1.60 bits per heavy atom. The molecule has 0 aliphatic rings. The molecule has 2 aromatic carbocycles. The molecule has 3 N–H and O–H groups in total. The molecule has 3 nitrogen and oxygen atoms in total. The van der Waals surface area contributed by atoms with Gasteiger partial charge in [0.2, 0.25) is 5.91 Å². The second-order valence-corrected chi connectivity index (χ2v) is 5.11. The summed E-state index contributed by atoms with van der Waals surface area (Å²) in [6.07, 6.45) is 0.726. The molecule has 0 aliphatic heterocycles. The Balaban J connectivity index is 2.31. The van der Waals surface area contributed by atoms with Crippen LogP contribution < -0.4 is 11.1 Å². The minimum absolute atomic E-state index is 0.00276. The fourth-order valence-corrected chi connectivity index (χ4v) is 2.39. The van der Waals surface area contributed by atoms with Gasteiger partial charge in [-0.15, -0.1) is 0 Å². The van der Waals surface area contributed by atoms with Crippen molar-refractivity contribution in [1.82, 2.24) is 5.32 Å². The second-order valence-electron chi connectivity index (χ2n) is 5.11. The summed E-state index contributed by atoms with van der Waals surface area (Å²) in [4.78, 5) is 11.8. The molecule has 3 heteroatoms. The lowest BCUT2D eigenvalue weighted by molar-refractivity contribution is -0.121. The van der Waals surface area contributed by atoms with E-state index in [1.807, 2.05) is 55.5 Å². The average Bonchev–Trinajstić information content (AvgIpc) is 2.49. The minimum Gasteiger partial charge on any atom is -0.345 e. The van der Waals surface area contributed by atoms with Gasteiger partial charge >= 0.3 is 0 Å². The Bertz CT molecular complexity index is 554. The number of hydrogen-bond donors (Lipinski definition) is 2. The maximum Gasteiger partial charge on any atom is 0.234 e. The van der Waals surface area contributed by atoms with E-state index in [4.69, 9.17) is 5.73 Å². The Hall–Kier alpha value is -2.13. The SMILES string of the molecule is C[C@](Cc1ccccc1)(NC(=O)CN)c1ccccc1. The van der Waals surface area contributed by atoms with Crippen LogP contribution in [-0.4, -0.2) is 12.5 Å². The van der Waals surface area contributed by atoms with Crippen LogP contribution in [0.25, 0.3) is 0 Å². The third-order valence-corrected chi connectivity index (χ3v) is 3.41. The first-order chi connectivity index (χ1) is 9.64. The van der Waals surface area contributed by atoms with Gasteiger partial charge in [0.05, 0.1) is 12.1 Å². The lowest BCUT2D eigenvalue weighted by Gasteiger charge is -2.31. The quantitative estimate of drug-likeness (QED) is 0.873. The van der Waals surface area contributed by atoms with Gasteiger partial charge < -0.3 is 11.1 Å². The summed E-state index contributed by atoms with van der Waals surface area (Å²) in [6, 6.07) is 20.1. The van der Waals surface area contributed by atoms with Crippen molar-refractivity contribution in [2.45, 2.75) is 18.9 Å². The number of nitrogens with one attached hydrogen (secondary N) is 1. The number of rotatable bonds is 5. The Labute approximate surface area is 119 Å². The Kier molecular flexibility index (Phi) is 4.53. The van der Waals surface area contributed by atoms with Crippen molar-refractivity contribution in [2.24, 2.45) is 5.73 Å². The van der Waals surface area contributed by atoms with Gasteiger partial charge in [-0.2, -0.15) is 0 Å². The van der Waals surface area contributed by atoms with Crippen LogP contribution in [0.3, 0.4) is 0 Å². The first kappa shape index (κ1) is 14.3. The summed E-state index contributed by atoms with van der Waals surface area (Å²) >= 11 is 0. The molecular formula is C17H20N2O. The number of carbonyl (C=O) groups excluding carboxylic acids is 1. The maximum atomic E-state index is 11.8. The third kappa shape index (κ3) is 3.45. The van der Waals surface area contributed by atoms with Crippen molar-refractivity contribution in [3.8, 4) is 0 Å². The van der Waals surface area contributed by atoms with Crippen LogP contribution in [0.1, 0.15) is 18.1 Å². The van der Waals surface area contributed by atoms with Gasteiger partial charge in [-0.1, -0.05) is 60.7 Å². The van der Waals surface area contributed by atoms with Gasteiger partial charge in [-0.05, 0) is 24.5 Å². The maximum absolute atomic E-state index is 11.8. The highest BCUT2D eigenvalue weighted by molar-refractivity contribution is 5.78. The Morgan fingerprint density at radius 1 is 1.05 bits per heavy atom. The van der Waals surface area contributed by atoms with Crippen molar-refractivity contribution in [3.63, 3.8) is 0 Å². The zero-order chi connectivity index (χ0) is 14.4. The predicted molar refractivity (Wildman–Crippen MR) is 81.1 cm³/mol. The Morgan fingerprint density at radius 3 is 2.15 bits per heavy atom. The van der Waals surface area contributed by atoms with Crippen LogP contribution in [0.4, 0.5) is 0 Å². The van der Waals surface area contributed by atoms with Crippen molar-refractivity contribution in [2.75, 3.05) is 6.54 Å². The average molecular weight is 268 g/mol. The number of amides is 1. The third-order valence-electron chi connectivity index (χ3n) is 3.41. The molecule has 2 aromatic rings. The monoisotopic (exact) mass is 268 g/mol. The lowest BCUT2D eigenvalue weighted by Crippen LogP contribution is -2.47. The molecule has 104 valence electrons. The van der Waals surface area contributed by atoms with E-state index in [1.54, 1.807) is 0 Å². The highest BCUT2D eigenvalue weighted by Crippen LogP contribution is 2.25. The van der Waals surface area contributed by atoms with Crippen LogP contribution in [-0.2, 0) is 16.8 Å². The number of nitrogens with two attached hydrogens (primary N) is 1. The topological polar surface area (TPSA) is 55.1 Å². The summed E-state index contributed by atoms with van der Waals surface area (Å²) in [5.41, 5.74) is 7.23. The van der Waals surface area contributed by atoms with Gasteiger partial charge in [0.25, 0.3) is 0 Å². The first-order valence-corrected chi connectivity index (χ1v) is 6.74. The van der Waals surface area contributed by atoms with E-state index in [0.29, 0.717) is 0 Å².